The van der Waals surface area contributed by atoms with Crippen molar-refractivity contribution in [1.82, 2.24) is 0 Å². The molecule has 0 spiro atoms. The number of carbonyl (C=O) groups is 1. The molecule has 0 saturated carbocycles. The van der Waals surface area contributed by atoms with E-state index in [1.54, 1.807) is 6.92 Å². The molecule has 0 bridgehead atoms. The molecule has 0 aliphatic heterocycles. The molecule has 0 amide bonds. The molecule has 3 unspecified atom stereocenters. The van der Waals surface area contributed by atoms with Gasteiger partial charge in [-0.05, 0) is 38.0 Å². The Hall–Kier alpha value is -0.910. The number of rotatable bonds is 16. The van der Waals surface area contributed by atoms with Crippen LogP contribution in [0.15, 0.2) is 12.7 Å². The van der Waals surface area contributed by atoms with Crippen molar-refractivity contribution in [2.45, 2.75) is 89.9 Å². The second-order valence-electron chi connectivity index (χ2n) is 6.85. The van der Waals surface area contributed by atoms with Gasteiger partial charge in [-0.1, -0.05) is 45.1 Å². The quantitative estimate of drug-likeness (QED) is 0.195. The minimum absolute atomic E-state index is 0.0256. The van der Waals surface area contributed by atoms with Crippen LogP contribution in [0.3, 0.4) is 0 Å². The Kier molecular flexibility index (Phi) is 13.9. The molecule has 3 atom stereocenters. The van der Waals surface area contributed by atoms with Gasteiger partial charge in [0.25, 0.3) is 0 Å². The first-order valence-electron chi connectivity index (χ1n) is 9.25. The Bertz CT molecular complexity index is 330. The summed E-state index contributed by atoms with van der Waals surface area (Å²) >= 11 is 0. The summed E-state index contributed by atoms with van der Waals surface area (Å²) in [6.07, 6.45) is 9.51. The van der Waals surface area contributed by atoms with Crippen molar-refractivity contribution in [3.8, 4) is 0 Å². The van der Waals surface area contributed by atoms with E-state index in [1.807, 2.05) is 6.08 Å². The van der Waals surface area contributed by atoms with E-state index in [4.69, 9.17) is 5.11 Å². The number of aliphatic hydroxyl groups is 3. The number of unbranched alkanes of at least 4 members (excludes halogenated alkanes) is 5. The first kappa shape index (κ1) is 23.1. The molecule has 0 heterocycles. The number of hydrogen-bond acceptors (Lipinski definition) is 4. The van der Waals surface area contributed by atoms with E-state index >= 15 is 0 Å². The van der Waals surface area contributed by atoms with Gasteiger partial charge in [-0.25, -0.2) is 0 Å². The lowest BCUT2D eigenvalue weighted by molar-refractivity contribution is -0.141. The number of aliphatic carboxylic acids is 1. The predicted octanol–water partition coefficient (Wildman–Crippen LogP) is 3.47. The molecule has 0 aromatic heterocycles. The highest BCUT2D eigenvalue weighted by atomic mass is 16.5. The molecule has 142 valence electrons. The molecule has 0 aromatic rings. The van der Waals surface area contributed by atoms with Gasteiger partial charge >= 0.3 is 5.97 Å². The Balaban J connectivity index is 3.77. The first-order valence-corrected chi connectivity index (χ1v) is 9.25. The smallest absolute Gasteiger partial charge is 0.303 e. The third-order valence-electron chi connectivity index (χ3n) is 4.71. The van der Waals surface area contributed by atoms with E-state index < -0.39 is 18.2 Å². The Labute approximate surface area is 146 Å². The van der Waals surface area contributed by atoms with Crippen molar-refractivity contribution in [3.05, 3.63) is 12.7 Å². The lowest BCUT2D eigenvalue weighted by atomic mass is 9.85. The van der Waals surface area contributed by atoms with Gasteiger partial charge in [-0.2, -0.15) is 0 Å². The normalized spacial score (nSPS) is 15.2. The number of allylic oxidation sites excluding steroid dienone is 1. The van der Waals surface area contributed by atoms with E-state index in [-0.39, 0.29) is 18.4 Å². The van der Waals surface area contributed by atoms with Crippen LogP contribution in [0.5, 0.6) is 0 Å². The molecular formula is C19H36O5. The van der Waals surface area contributed by atoms with Crippen LogP contribution in [0.1, 0.15) is 77.6 Å². The SMILES string of the molecule is C=CCCCCC(O)CCCCCCC(CC(=O)O)C(C)C(O)O. The van der Waals surface area contributed by atoms with Gasteiger partial charge in [-0.3, -0.25) is 4.79 Å². The monoisotopic (exact) mass is 344 g/mol. The highest BCUT2D eigenvalue weighted by Crippen LogP contribution is 2.25. The number of carboxylic acid groups (broad SMARTS) is 1. The summed E-state index contributed by atoms with van der Waals surface area (Å²) in [5, 5.41) is 37.3. The zero-order chi connectivity index (χ0) is 18.4. The van der Waals surface area contributed by atoms with E-state index in [1.165, 1.54) is 0 Å². The lowest BCUT2D eigenvalue weighted by Crippen LogP contribution is -2.27. The molecular weight excluding hydrogens is 308 g/mol. The van der Waals surface area contributed by atoms with Crippen LogP contribution in [-0.2, 0) is 4.79 Å². The molecule has 0 rings (SSSR count). The lowest BCUT2D eigenvalue weighted by Gasteiger charge is -2.23. The number of hydrogen-bond donors (Lipinski definition) is 4. The minimum atomic E-state index is -1.47. The molecule has 4 N–H and O–H groups in total. The van der Waals surface area contributed by atoms with Gasteiger partial charge in [0.05, 0.1) is 6.10 Å². The van der Waals surface area contributed by atoms with E-state index in [2.05, 4.69) is 6.58 Å². The van der Waals surface area contributed by atoms with Gasteiger partial charge in [0.2, 0.25) is 0 Å². The van der Waals surface area contributed by atoms with Crippen molar-refractivity contribution < 1.29 is 25.2 Å². The molecule has 0 aliphatic carbocycles. The van der Waals surface area contributed by atoms with Crippen molar-refractivity contribution in [1.29, 1.82) is 0 Å². The summed E-state index contributed by atoms with van der Waals surface area (Å²) in [5.41, 5.74) is 0. The summed E-state index contributed by atoms with van der Waals surface area (Å²) < 4.78 is 0. The van der Waals surface area contributed by atoms with Crippen LogP contribution in [0, 0.1) is 11.8 Å². The molecule has 0 aliphatic rings. The van der Waals surface area contributed by atoms with Gasteiger partial charge in [0.1, 0.15) is 0 Å². The zero-order valence-electron chi connectivity index (χ0n) is 15.1. The van der Waals surface area contributed by atoms with Crippen molar-refractivity contribution in [2.24, 2.45) is 11.8 Å². The summed E-state index contributed by atoms with van der Waals surface area (Å²) in [4.78, 5) is 10.9. The van der Waals surface area contributed by atoms with Crippen molar-refractivity contribution in [2.75, 3.05) is 0 Å². The zero-order valence-corrected chi connectivity index (χ0v) is 15.1. The van der Waals surface area contributed by atoms with Gasteiger partial charge in [0.15, 0.2) is 6.29 Å². The third-order valence-corrected chi connectivity index (χ3v) is 4.71. The maximum Gasteiger partial charge on any atom is 0.303 e. The number of aliphatic hydroxyl groups excluding tert-OH is 2. The van der Waals surface area contributed by atoms with Gasteiger partial charge < -0.3 is 20.4 Å². The largest absolute Gasteiger partial charge is 0.481 e. The minimum Gasteiger partial charge on any atom is -0.481 e. The number of carboxylic acids is 1. The van der Waals surface area contributed by atoms with Crippen LogP contribution in [0.2, 0.25) is 0 Å². The summed E-state index contributed by atoms with van der Waals surface area (Å²) in [5.74, 6) is -1.54. The van der Waals surface area contributed by atoms with Crippen LogP contribution >= 0.6 is 0 Å². The highest BCUT2D eigenvalue weighted by molar-refractivity contribution is 5.67. The fourth-order valence-corrected chi connectivity index (χ4v) is 2.97. The van der Waals surface area contributed by atoms with Crippen LogP contribution < -0.4 is 0 Å². The van der Waals surface area contributed by atoms with E-state index in [0.717, 1.165) is 57.8 Å². The first-order chi connectivity index (χ1) is 11.4. The van der Waals surface area contributed by atoms with Crippen LogP contribution in [0.25, 0.3) is 0 Å². The average Bonchev–Trinajstić information content (AvgIpc) is 2.52. The Morgan fingerprint density at radius 1 is 0.958 bits per heavy atom. The van der Waals surface area contributed by atoms with Crippen molar-refractivity contribution in [3.63, 3.8) is 0 Å². The summed E-state index contributed by atoms with van der Waals surface area (Å²) in [7, 11) is 0. The molecule has 0 saturated heterocycles. The van der Waals surface area contributed by atoms with Crippen molar-refractivity contribution >= 4 is 5.97 Å². The highest BCUT2D eigenvalue weighted by Gasteiger charge is 2.24. The summed E-state index contributed by atoms with van der Waals surface area (Å²) in [6, 6.07) is 0. The Morgan fingerprint density at radius 3 is 2.00 bits per heavy atom. The van der Waals surface area contributed by atoms with Crippen LogP contribution in [-0.4, -0.2) is 38.8 Å². The molecule has 24 heavy (non-hydrogen) atoms. The second kappa shape index (κ2) is 14.4. The average molecular weight is 344 g/mol. The fourth-order valence-electron chi connectivity index (χ4n) is 2.97. The topological polar surface area (TPSA) is 98.0 Å². The van der Waals surface area contributed by atoms with Gasteiger partial charge in [-0.15, -0.1) is 6.58 Å². The van der Waals surface area contributed by atoms with E-state index in [9.17, 15) is 20.1 Å². The molecule has 5 nitrogen and oxygen atoms in total. The van der Waals surface area contributed by atoms with E-state index in [0.29, 0.717) is 6.42 Å². The Morgan fingerprint density at radius 2 is 1.50 bits per heavy atom. The summed E-state index contributed by atoms with van der Waals surface area (Å²) in [6.45, 7) is 5.36. The fraction of sp³-hybridized carbons (Fsp3) is 0.842. The van der Waals surface area contributed by atoms with Gasteiger partial charge in [0, 0.05) is 12.3 Å². The van der Waals surface area contributed by atoms with Crippen LogP contribution in [0.4, 0.5) is 0 Å². The molecule has 0 aromatic carbocycles. The molecule has 0 radical (unpaired) electrons. The standard InChI is InChI=1S/C19H36O5/c1-3-4-5-9-12-17(20)13-10-7-6-8-11-16(14-18(21)22)15(2)19(23)24/h3,15-17,19-20,23-24H,1,4-14H2,2H3,(H,21,22). The predicted molar refractivity (Wildman–Crippen MR) is 95.5 cm³/mol. The maximum atomic E-state index is 10.9. The second-order valence-corrected chi connectivity index (χ2v) is 6.85. The maximum absolute atomic E-state index is 10.9. The molecule has 0 fully saturated rings. The molecule has 5 heteroatoms. The third kappa shape index (κ3) is 12.5.